The third-order valence-corrected chi connectivity index (χ3v) is 4.22. The molecule has 0 bridgehead atoms. The first-order valence-electron chi connectivity index (χ1n) is 8.40. The Morgan fingerprint density at radius 1 is 1.39 bits per heavy atom. The van der Waals surface area contributed by atoms with Crippen LogP contribution >= 0.6 is 0 Å². The van der Waals surface area contributed by atoms with Crippen molar-refractivity contribution in [2.75, 3.05) is 13.1 Å². The fourth-order valence-corrected chi connectivity index (χ4v) is 3.10. The largest absolute Gasteiger partial charge is 0.391 e. The highest BCUT2D eigenvalue weighted by molar-refractivity contribution is 5.82. The van der Waals surface area contributed by atoms with Crippen LogP contribution in [0.3, 0.4) is 0 Å². The Morgan fingerprint density at radius 3 is 2.74 bits per heavy atom. The van der Waals surface area contributed by atoms with Crippen molar-refractivity contribution in [1.29, 1.82) is 0 Å². The number of carbonyl (C=O) groups is 1. The zero-order valence-corrected chi connectivity index (χ0v) is 14.0. The van der Waals surface area contributed by atoms with Gasteiger partial charge < -0.3 is 10.4 Å². The first-order chi connectivity index (χ1) is 11.0. The Kier molecular flexibility index (Phi) is 6.54. The molecule has 0 saturated carbocycles. The smallest absolute Gasteiger partial charge is 0.237 e. The topological polar surface area (TPSA) is 52.6 Å². The van der Waals surface area contributed by atoms with Crippen molar-refractivity contribution in [1.82, 2.24) is 10.2 Å². The lowest BCUT2D eigenvalue weighted by Gasteiger charge is -2.24. The minimum absolute atomic E-state index is 0.0209. The molecule has 1 aromatic carbocycles. The molecule has 1 aliphatic heterocycles. The van der Waals surface area contributed by atoms with Crippen LogP contribution in [0.1, 0.15) is 38.7 Å². The number of halogens is 1. The molecule has 1 aliphatic rings. The molecule has 0 spiro atoms. The Balaban J connectivity index is 1.85. The molecule has 23 heavy (non-hydrogen) atoms. The van der Waals surface area contributed by atoms with Gasteiger partial charge in [-0.1, -0.05) is 26.0 Å². The van der Waals surface area contributed by atoms with Gasteiger partial charge in [-0.15, -0.1) is 0 Å². The van der Waals surface area contributed by atoms with Crippen LogP contribution < -0.4 is 5.32 Å². The number of aliphatic hydroxyl groups excluding tert-OH is 1. The number of nitrogens with zero attached hydrogens (tertiary/aromatic N) is 1. The molecule has 0 radical (unpaired) electrons. The number of nitrogens with one attached hydrogen (secondary N) is 1. The quantitative estimate of drug-likeness (QED) is 0.810. The van der Waals surface area contributed by atoms with Crippen molar-refractivity contribution in [2.45, 2.75) is 51.8 Å². The number of amides is 1. The fraction of sp³-hybridized carbons (Fsp3) is 0.611. The van der Waals surface area contributed by atoms with Gasteiger partial charge in [-0.25, -0.2) is 4.39 Å². The molecule has 0 aliphatic carbocycles. The Labute approximate surface area is 137 Å². The Bertz CT molecular complexity index is 504. The lowest BCUT2D eigenvalue weighted by molar-refractivity contribution is -0.126. The lowest BCUT2D eigenvalue weighted by Crippen LogP contribution is -2.45. The maximum absolute atomic E-state index is 13.0. The number of hydrogen-bond donors (Lipinski definition) is 2. The summed E-state index contributed by atoms with van der Waals surface area (Å²) in [6.07, 6.45) is 2.00. The molecule has 1 fully saturated rings. The second kappa shape index (κ2) is 8.41. The molecule has 2 rings (SSSR count). The highest BCUT2D eigenvalue weighted by Gasteiger charge is 2.30. The van der Waals surface area contributed by atoms with Gasteiger partial charge in [0.1, 0.15) is 5.82 Å². The van der Waals surface area contributed by atoms with Crippen LogP contribution in [0.25, 0.3) is 0 Å². The summed E-state index contributed by atoms with van der Waals surface area (Å²) in [7, 11) is 0. The Morgan fingerprint density at radius 2 is 2.09 bits per heavy atom. The van der Waals surface area contributed by atoms with Crippen molar-refractivity contribution >= 4 is 5.91 Å². The molecule has 1 heterocycles. The number of carbonyl (C=O) groups excluding carboxylic acids is 1. The van der Waals surface area contributed by atoms with Crippen molar-refractivity contribution < 1.29 is 14.3 Å². The van der Waals surface area contributed by atoms with Gasteiger partial charge >= 0.3 is 0 Å². The van der Waals surface area contributed by atoms with E-state index in [4.69, 9.17) is 0 Å². The third-order valence-electron chi connectivity index (χ3n) is 4.22. The molecular weight excluding hydrogens is 295 g/mol. The maximum Gasteiger partial charge on any atom is 0.237 e. The summed E-state index contributed by atoms with van der Waals surface area (Å²) in [4.78, 5) is 14.5. The van der Waals surface area contributed by atoms with E-state index in [0.29, 0.717) is 25.4 Å². The summed E-state index contributed by atoms with van der Waals surface area (Å²) in [6, 6.07) is 6.25. The normalized spacial score (nSPS) is 20.0. The van der Waals surface area contributed by atoms with Gasteiger partial charge in [0.05, 0.1) is 12.1 Å². The van der Waals surface area contributed by atoms with E-state index in [9.17, 15) is 14.3 Å². The van der Waals surface area contributed by atoms with E-state index < -0.39 is 6.10 Å². The van der Waals surface area contributed by atoms with Gasteiger partial charge in [0.15, 0.2) is 0 Å². The predicted octanol–water partition coefficient (Wildman–Crippen LogP) is 2.31. The summed E-state index contributed by atoms with van der Waals surface area (Å²) in [6.45, 7) is 5.91. The van der Waals surface area contributed by atoms with Crippen LogP contribution in [0.4, 0.5) is 4.39 Å². The molecule has 2 atom stereocenters. The molecule has 0 aromatic heterocycles. The second-order valence-electron chi connectivity index (χ2n) is 6.78. The van der Waals surface area contributed by atoms with Crippen molar-refractivity contribution in [3.8, 4) is 0 Å². The summed E-state index contributed by atoms with van der Waals surface area (Å²) in [5.41, 5.74) is 1.01. The van der Waals surface area contributed by atoms with Crippen LogP contribution in [-0.4, -0.2) is 41.1 Å². The maximum atomic E-state index is 13.0. The molecule has 2 unspecified atom stereocenters. The highest BCUT2D eigenvalue weighted by atomic mass is 19.1. The molecule has 4 nitrogen and oxygen atoms in total. The van der Waals surface area contributed by atoms with Crippen molar-refractivity contribution in [2.24, 2.45) is 5.92 Å². The highest BCUT2D eigenvalue weighted by Crippen LogP contribution is 2.20. The minimum atomic E-state index is -0.495. The van der Waals surface area contributed by atoms with Crippen molar-refractivity contribution in [3.05, 3.63) is 35.6 Å². The number of rotatable bonds is 7. The van der Waals surface area contributed by atoms with Gasteiger partial charge in [-0.3, -0.25) is 9.69 Å². The van der Waals surface area contributed by atoms with Crippen LogP contribution in [0.5, 0.6) is 0 Å². The Hall–Kier alpha value is -1.46. The first-order valence-corrected chi connectivity index (χ1v) is 8.40. The number of likely N-dealkylation sites (tertiary alicyclic amines) is 1. The molecule has 1 aromatic rings. The molecule has 128 valence electrons. The summed E-state index contributed by atoms with van der Waals surface area (Å²) < 4.78 is 13.0. The molecule has 2 N–H and O–H groups in total. The number of hydrogen-bond acceptors (Lipinski definition) is 3. The molecular formula is C18H27FN2O2. The van der Waals surface area contributed by atoms with Gasteiger partial charge in [0, 0.05) is 13.1 Å². The van der Waals surface area contributed by atoms with Gasteiger partial charge in [0.2, 0.25) is 5.91 Å². The summed E-state index contributed by atoms with van der Waals surface area (Å²) in [5, 5.41) is 12.7. The zero-order valence-electron chi connectivity index (χ0n) is 14.0. The third kappa shape index (κ3) is 5.59. The lowest BCUT2D eigenvalue weighted by atomic mass is 10.1. The second-order valence-corrected chi connectivity index (χ2v) is 6.78. The van der Waals surface area contributed by atoms with Crippen LogP contribution in [-0.2, 0) is 11.3 Å². The van der Waals surface area contributed by atoms with E-state index in [1.165, 1.54) is 12.1 Å². The SMILES string of the molecule is CC(C)CC(O)CNC(=O)C1CCCN1Cc1ccc(F)cc1. The van der Waals surface area contributed by atoms with E-state index in [1.807, 2.05) is 13.8 Å². The van der Waals surface area contributed by atoms with Gasteiger partial charge in [-0.2, -0.15) is 0 Å². The van der Waals surface area contributed by atoms with Crippen LogP contribution in [0.15, 0.2) is 24.3 Å². The summed E-state index contributed by atoms with van der Waals surface area (Å²) in [5.74, 6) is 0.138. The van der Waals surface area contributed by atoms with E-state index in [0.717, 1.165) is 24.9 Å². The fourth-order valence-electron chi connectivity index (χ4n) is 3.10. The van der Waals surface area contributed by atoms with E-state index >= 15 is 0 Å². The van der Waals surface area contributed by atoms with Crippen LogP contribution in [0, 0.1) is 11.7 Å². The van der Waals surface area contributed by atoms with E-state index in [2.05, 4.69) is 10.2 Å². The monoisotopic (exact) mass is 322 g/mol. The first kappa shape index (κ1) is 17.9. The van der Waals surface area contributed by atoms with Crippen LogP contribution in [0.2, 0.25) is 0 Å². The van der Waals surface area contributed by atoms with E-state index in [1.54, 1.807) is 12.1 Å². The standard InChI is InChI=1S/C18H27FN2O2/c1-13(2)10-16(22)11-20-18(23)17-4-3-9-21(17)12-14-5-7-15(19)8-6-14/h5-8,13,16-17,22H,3-4,9-12H2,1-2H3,(H,20,23). The zero-order chi connectivity index (χ0) is 16.8. The molecule has 1 saturated heterocycles. The van der Waals surface area contributed by atoms with E-state index in [-0.39, 0.29) is 17.8 Å². The molecule has 1 amide bonds. The van der Waals surface area contributed by atoms with Gasteiger partial charge in [0.25, 0.3) is 0 Å². The number of benzene rings is 1. The minimum Gasteiger partial charge on any atom is -0.391 e. The molecule has 5 heteroatoms. The average molecular weight is 322 g/mol. The van der Waals surface area contributed by atoms with Gasteiger partial charge in [-0.05, 0) is 49.4 Å². The average Bonchev–Trinajstić information content (AvgIpc) is 2.95. The number of aliphatic hydroxyl groups is 1. The van der Waals surface area contributed by atoms with Crippen molar-refractivity contribution in [3.63, 3.8) is 0 Å². The predicted molar refractivity (Wildman–Crippen MR) is 88.3 cm³/mol. The summed E-state index contributed by atoms with van der Waals surface area (Å²) >= 11 is 0.